The number of Topliss-reactive ketones (excluding diaryl/α,β-unsaturated/α-hetero) is 1. The lowest BCUT2D eigenvalue weighted by Gasteiger charge is -2.40. The van der Waals surface area contributed by atoms with Crippen molar-refractivity contribution in [3.8, 4) is 11.5 Å². The van der Waals surface area contributed by atoms with Gasteiger partial charge >= 0.3 is 6.18 Å². The number of benzene rings is 2. The number of halogens is 4. The standard InChI is InChI=1S/C24H24ClF3O4/c1-6-13-7-9-15(31-18-10-8-14(11-17(18)25)24(26,27)28)12-16(13)19-20(29)22(2,3)32-23(4,5)21(19)30/h7-12,29H,6H2,1-5H3. The fourth-order valence-electron chi connectivity index (χ4n) is 3.74. The average Bonchev–Trinajstić information content (AvgIpc) is 2.67. The van der Waals surface area contributed by atoms with E-state index in [4.69, 9.17) is 21.1 Å². The first-order chi connectivity index (χ1) is 14.7. The summed E-state index contributed by atoms with van der Waals surface area (Å²) in [4.78, 5) is 13.2. The van der Waals surface area contributed by atoms with Gasteiger partial charge < -0.3 is 14.6 Å². The van der Waals surface area contributed by atoms with Gasteiger partial charge in [-0.1, -0.05) is 24.6 Å². The van der Waals surface area contributed by atoms with Crippen LogP contribution in [0.25, 0.3) is 5.57 Å². The van der Waals surface area contributed by atoms with Crippen LogP contribution in [-0.4, -0.2) is 22.1 Å². The van der Waals surface area contributed by atoms with Crippen LogP contribution in [0.5, 0.6) is 11.5 Å². The van der Waals surface area contributed by atoms with E-state index in [2.05, 4.69) is 0 Å². The third-order valence-electron chi connectivity index (χ3n) is 5.31. The molecular formula is C24H24ClF3O4. The van der Waals surface area contributed by atoms with Crippen molar-refractivity contribution < 1.29 is 32.5 Å². The van der Waals surface area contributed by atoms with Crippen molar-refractivity contribution in [2.24, 2.45) is 0 Å². The van der Waals surface area contributed by atoms with E-state index in [0.717, 1.165) is 23.8 Å². The molecule has 172 valence electrons. The SMILES string of the molecule is CCc1ccc(Oc2ccc(C(F)(F)F)cc2Cl)cc1C1=C(O)C(C)(C)OC(C)(C)C1=O. The topological polar surface area (TPSA) is 55.8 Å². The number of ketones is 1. The lowest BCUT2D eigenvalue weighted by molar-refractivity contribution is -0.158. The summed E-state index contributed by atoms with van der Waals surface area (Å²) in [6.45, 7) is 8.52. The lowest BCUT2D eigenvalue weighted by Crippen LogP contribution is -2.49. The van der Waals surface area contributed by atoms with E-state index in [1.54, 1.807) is 45.9 Å². The van der Waals surface area contributed by atoms with Crippen LogP contribution in [0.1, 0.15) is 51.3 Å². The van der Waals surface area contributed by atoms with Gasteiger partial charge in [0.15, 0.2) is 5.78 Å². The van der Waals surface area contributed by atoms with Crippen LogP contribution in [0.3, 0.4) is 0 Å². The molecule has 0 unspecified atom stereocenters. The number of carbonyl (C=O) groups is 1. The summed E-state index contributed by atoms with van der Waals surface area (Å²) in [5.74, 6) is -0.281. The highest BCUT2D eigenvalue weighted by Gasteiger charge is 2.47. The van der Waals surface area contributed by atoms with E-state index in [9.17, 15) is 23.1 Å². The van der Waals surface area contributed by atoms with Gasteiger partial charge in [0.2, 0.25) is 0 Å². The van der Waals surface area contributed by atoms with Crippen molar-refractivity contribution in [1.29, 1.82) is 0 Å². The van der Waals surface area contributed by atoms with Crippen LogP contribution in [-0.2, 0) is 22.1 Å². The third kappa shape index (κ3) is 4.50. The van der Waals surface area contributed by atoms with Crippen LogP contribution < -0.4 is 4.74 Å². The van der Waals surface area contributed by atoms with Crippen LogP contribution >= 0.6 is 11.6 Å². The zero-order chi connectivity index (χ0) is 24.1. The fourth-order valence-corrected chi connectivity index (χ4v) is 3.96. The van der Waals surface area contributed by atoms with Gasteiger partial charge in [0.25, 0.3) is 0 Å². The molecule has 1 N–H and O–H groups in total. The molecule has 1 aliphatic heterocycles. The fraction of sp³-hybridized carbons (Fsp3) is 0.375. The van der Waals surface area contributed by atoms with Crippen LogP contribution in [0.15, 0.2) is 42.2 Å². The van der Waals surface area contributed by atoms with E-state index >= 15 is 0 Å². The number of aliphatic hydroxyl groups excluding tert-OH is 1. The van der Waals surface area contributed by atoms with Crippen LogP contribution in [0.2, 0.25) is 5.02 Å². The van der Waals surface area contributed by atoms with Gasteiger partial charge in [-0.15, -0.1) is 0 Å². The number of carbonyl (C=O) groups excluding carboxylic acids is 1. The summed E-state index contributed by atoms with van der Waals surface area (Å²) in [5, 5.41) is 10.7. The molecule has 1 heterocycles. The van der Waals surface area contributed by atoms with Crippen molar-refractivity contribution >= 4 is 23.0 Å². The van der Waals surface area contributed by atoms with Gasteiger partial charge in [0, 0.05) is 0 Å². The van der Waals surface area contributed by atoms with E-state index in [1.807, 2.05) is 6.92 Å². The van der Waals surface area contributed by atoms with Crippen LogP contribution in [0.4, 0.5) is 13.2 Å². The Balaban J connectivity index is 2.08. The molecule has 0 bridgehead atoms. The predicted octanol–water partition coefficient (Wildman–Crippen LogP) is 7.14. The molecule has 0 aromatic heterocycles. The molecule has 0 fully saturated rings. The Bertz CT molecular complexity index is 1100. The molecule has 0 spiro atoms. The first-order valence-corrected chi connectivity index (χ1v) is 10.4. The minimum atomic E-state index is -4.52. The second-order valence-corrected chi connectivity index (χ2v) is 9.00. The molecule has 2 aromatic carbocycles. The van der Waals surface area contributed by atoms with Crippen LogP contribution in [0, 0.1) is 0 Å². The van der Waals surface area contributed by atoms with Gasteiger partial charge in [-0.25, -0.2) is 0 Å². The number of rotatable bonds is 4. The normalized spacial score (nSPS) is 18.1. The quantitative estimate of drug-likeness (QED) is 0.518. The molecule has 0 radical (unpaired) electrons. The second-order valence-electron chi connectivity index (χ2n) is 8.59. The molecule has 4 nitrogen and oxygen atoms in total. The summed E-state index contributed by atoms with van der Waals surface area (Å²) in [6.07, 6.45) is -3.95. The summed E-state index contributed by atoms with van der Waals surface area (Å²) >= 11 is 6.01. The van der Waals surface area contributed by atoms with Crippen molar-refractivity contribution in [3.63, 3.8) is 0 Å². The Morgan fingerprint density at radius 2 is 1.72 bits per heavy atom. The molecule has 8 heteroatoms. The number of aryl methyl sites for hydroxylation is 1. The Kier molecular flexibility index (Phi) is 6.13. The molecular weight excluding hydrogens is 445 g/mol. The molecule has 0 saturated heterocycles. The zero-order valence-electron chi connectivity index (χ0n) is 18.4. The summed E-state index contributed by atoms with van der Waals surface area (Å²) < 4.78 is 50.2. The summed E-state index contributed by atoms with van der Waals surface area (Å²) in [6, 6.07) is 7.76. The van der Waals surface area contributed by atoms with Gasteiger partial charge in [0.1, 0.15) is 28.5 Å². The van der Waals surface area contributed by atoms with Gasteiger partial charge in [-0.2, -0.15) is 13.2 Å². The predicted molar refractivity (Wildman–Crippen MR) is 116 cm³/mol. The molecule has 0 aliphatic carbocycles. The Hall–Kier alpha value is -2.51. The number of ether oxygens (including phenoxy) is 2. The van der Waals surface area contributed by atoms with Crippen molar-refractivity contribution in [2.45, 2.75) is 58.4 Å². The Labute approximate surface area is 189 Å². The smallest absolute Gasteiger partial charge is 0.416 e. The van der Waals surface area contributed by atoms with E-state index in [0.29, 0.717) is 12.0 Å². The highest BCUT2D eigenvalue weighted by atomic mass is 35.5. The first-order valence-electron chi connectivity index (χ1n) is 10.0. The number of aliphatic hydroxyl groups is 1. The van der Waals surface area contributed by atoms with Gasteiger partial charge in [-0.3, -0.25) is 4.79 Å². The monoisotopic (exact) mass is 468 g/mol. The lowest BCUT2D eigenvalue weighted by atomic mass is 9.81. The maximum atomic E-state index is 13.2. The largest absolute Gasteiger partial charge is 0.508 e. The summed E-state index contributed by atoms with van der Waals surface area (Å²) in [7, 11) is 0. The molecule has 0 amide bonds. The van der Waals surface area contributed by atoms with Gasteiger partial charge in [0.05, 0.1) is 16.2 Å². The molecule has 1 aliphatic rings. The van der Waals surface area contributed by atoms with Gasteiger partial charge in [-0.05, 0) is 75.6 Å². The maximum absolute atomic E-state index is 13.2. The second kappa shape index (κ2) is 8.12. The Morgan fingerprint density at radius 3 is 2.28 bits per heavy atom. The number of hydrogen-bond donors (Lipinski definition) is 1. The van der Waals surface area contributed by atoms with Crippen molar-refractivity contribution in [1.82, 2.24) is 0 Å². The molecule has 2 aromatic rings. The molecule has 0 saturated carbocycles. The molecule has 0 atom stereocenters. The minimum absolute atomic E-state index is 0.0343. The van der Waals surface area contributed by atoms with E-state index < -0.39 is 22.9 Å². The summed E-state index contributed by atoms with van der Waals surface area (Å²) in [5.41, 5.74) is -1.75. The highest BCUT2D eigenvalue weighted by Crippen LogP contribution is 2.42. The third-order valence-corrected chi connectivity index (χ3v) is 5.61. The molecule has 32 heavy (non-hydrogen) atoms. The van der Waals surface area contributed by atoms with Crippen molar-refractivity contribution in [2.75, 3.05) is 0 Å². The minimum Gasteiger partial charge on any atom is -0.508 e. The van der Waals surface area contributed by atoms with E-state index in [1.165, 1.54) is 0 Å². The highest BCUT2D eigenvalue weighted by molar-refractivity contribution is 6.32. The van der Waals surface area contributed by atoms with Crippen molar-refractivity contribution in [3.05, 3.63) is 63.9 Å². The molecule has 3 rings (SSSR count). The number of alkyl halides is 3. The van der Waals surface area contributed by atoms with E-state index in [-0.39, 0.29) is 33.6 Å². The maximum Gasteiger partial charge on any atom is 0.416 e. The first kappa shape index (κ1) is 24.1. The average molecular weight is 469 g/mol. The Morgan fingerprint density at radius 1 is 1.06 bits per heavy atom. The zero-order valence-corrected chi connectivity index (χ0v) is 19.1. The number of hydrogen-bond acceptors (Lipinski definition) is 4.